The Morgan fingerprint density at radius 1 is 0.229 bits per heavy atom. The van der Waals surface area contributed by atoms with E-state index in [2.05, 4.69) is 287 Å². The molecule has 70 heavy (non-hydrogen) atoms. The van der Waals surface area contributed by atoms with Crippen LogP contribution >= 0.6 is 0 Å². The van der Waals surface area contributed by atoms with E-state index in [-0.39, 0.29) is 0 Å². The number of rotatable bonds is 8. The van der Waals surface area contributed by atoms with Gasteiger partial charge in [0.15, 0.2) is 8.07 Å². The maximum Gasteiger partial charge on any atom is 0.179 e. The SMILES string of the molecule is c1ccc(-n2c3ccccc3c3cc(-c4cccc5c4c4ccccc4n5-c4ccc5c6ccccc6n(-c6ccc([Si](c7ccccc7)(c7ccccc7)c7ccccc7)cc6)c5c4)ccc32)cc1. The van der Waals surface area contributed by atoms with Gasteiger partial charge in [0.25, 0.3) is 0 Å². The van der Waals surface area contributed by atoms with Crippen molar-refractivity contribution < 1.29 is 0 Å². The topological polar surface area (TPSA) is 14.8 Å². The summed E-state index contributed by atoms with van der Waals surface area (Å²) in [5.74, 6) is 0. The monoisotopic (exact) mass is 907 g/mol. The van der Waals surface area contributed by atoms with Crippen molar-refractivity contribution in [3.63, 3.8) is 0 Å². The largest absolute Gasteiger partial charge is 0.309 e. The maximum absolute atomic E-state index is 2.69. The Morgan fingerprint density at radius 2 is 0.643 bits per heavy atom. The second-order valence-electron chi connectivity index (χ2n) is 18.4. The van der Waals surface area contributed by atoms with Crippen LogP contribution in [0.2, 0.25) is 0 Å². The average molecular weight is 908 g/mol. The lowest BCUT2D eigenvalue weighted by atomic mass is 9.98. The van der Waals surface area contributed by atoms with E-state index >= 15 is 0 Å². The third-order valence-corrected chi connectivity index (χ3v) is 19.6. The van der Waals surface area contributed by atoms with E-state index in [4.69, 9.17) is 0 Å². The fourth-order valence-corrected chi connectivity index (χ4v) is 16.6. The van der Waals surface area contributed by atoms with E-state index in [0.29, 0.717) is 0 Å². The second kappa shape index (κ2) is 16.1. The maximum atomic E-state index is 2.47. The van der Waals surface area contributed by atoms with Crippen LogP contribution in [0, 0.1) is 0 Å². The summed E-state index contributed by atoms with van der Waals surface area (Å²) in [6.45, 7) is 0. The predicted octanol–water partition coefficient (Wildman–Crippen LogP) is 14.0. The van der Waals surface area contributed by atoms with E-state index in [1.54, 1.807) is 0 Å². The van der Waals surface area contributed by atoms with Crippen molar-refractivity contribution in [2.24, 2.45) is 0 Å². The average Bonchev–Trinajstić information content (AvgIpc) is 4.08. The molecule has 0 aliphatic carbocycles. The molecule has 328 valence electrons. The summed E-state index contributed by atoms with van der Waals surface area (Å²) in [6, 6.07) is 101. The molecule has 0 amide bonds. The molecule has 3 heterocycles. The zero-order valence-electron chi connectivity index (χ0n) is 38.3. The summed E-state index contributed by atoms with van der Waals surface area (Å²) >= 11 is 0. The van der Waals surface area contributed by atoms with Gasteiger partial charge in [-0.1, -0.05) is 200 Å². The molecule has 0 spiro atoms. The van der Waals surface area contributed by atoms with Crippen LogP contribution in [0.25, 0.3) is 93.6 Å². The molecule has 4 heteroatoms. The molecule has 14 aromatic rings. The normalized spacial score (nSPS) is 12.0. The van der Waals surface area contributed by atoms with Gasteiger partial charge in [-0.05, 0) is 105 Å². The van der Waals surface area contributed by atoms with Crippen LogP contribution in [0.3, 0.4) is 0 Å². The molecule has 0 bridgehead atoms. The van der Waals surface area contributed by atoms with Crippen LogP contribution < -0.4 is 20.7 Å². The number of aromatic nitrogens is 3. The summed E-state index contributed by atoms with van der Waals surface area (Å²) in [5, 5.41) is 12.9. The minimum absolute atomic E-state index is 1.13. The molecule has 0 atom stereocenters. The van der Waals surface area contributed by atoms with Crippen molar-refractivity contribution in [3.05, 3.63) is 273 Å². The Labute approximate surface area is 407 Å². The summed E-state index contributed by atoms with van der Waals surface area (Å²) in [4.78, 5) is 0. The first kappa shape index (κ1) is 40.1. The van der Waals surface area contributed by atoms with E-state index in [0.717, 1.165) is 17.1 Å². The third-order valence-electron chi connectivity index (χ3n) is 14.8. The summed E-state index contributed by atoms with van der Waals surface area (Å²) in [6.07, 6.45) is 0. The quantitative estimate of drug-likeness (QED) is 0.107. The van der Waals surface area contributed by atoms with Crippen LogP contribution in [-0.4, -0.2) is 21.8 Å². The number of benzene rings is 11. The first-order valence-electron chi connectivity index (χ1n) is 24.2. The molecule has 0 aliphatic rings. The minimum atomic E-state index is -2.69. The summed E-state index contributed by atoms with van der Waals surface area (Å²) in [7, 11) is -2.69. The molecule has 0 N–H and O–H groups in total. The Morgan fingerprint density at radius 3 is 1.26 bits per heavy atom. The number of para-hydroxylation sites is 4. The number of hydrogen-bond donors (Lipinski definition) is 0. The highest BCUT2D eigenvalue weighted by Crippen LogP contribution is 2.42. The van der Waals surface area contributed by atoms with Crippen LogP contribution in [0.5, 0.6) is 0 Å². The second-order valence-corrected chi connectivity index (χ2v) is 22.2. The van der Waals surface area contributed by atoms with Gasteiger partial charge in [0.2, 0.25) is 0 Å². The first-order valence-corrected chi connectivity index (χ1v) is 26.2. The van der Waals surface area contributed by atoms with E-state index < -0.39 is 8.07 Å². The van der Waals surface area contributed by atoms with Gasteiger partial charge in [-0.25, -0.2) is 0 Å². The molecule has 0 unspecified atom stereocenters. The lowest BCUT2D eigenvalue weighted by molar-refractivity contribution is 1.16. The van der Waals surface area contributed by atoms with Crippen LogP contribution in [0.1, 0.15) is 0 Å². The van der Waals surface area contributed by atoms with Gasteiger partial charge in [-0.2, -0.15) is 0 Å². The minimum Gasteiger partial charge on any atom is -0.309 e. The molecule has 0 radical (unpaired) electrons. The standard InChI is InChI=1S/C66H45N3Si/c1-5-20-47(21-6-1)67-61-33-17-14-29-56(61)59-44-46(36-43-63(59)67)54-31-19-35-64-66(54)58-30-15-18-34-62(58)69(64)49-39-42-57-55-28-13-16-32-60(55)68(65(57)45-49)48-37-40-53(41-38-48)70(50-22-7-2-8-23-50,51-24-9-3-10-25-51)52-26-11-4-12-27-52/h1-45H. The Hall–Kier alpha value is -8.96. The molecule has 3 aromatic heterocycles. The van der Waals surface area contributed by atoms with Gasteiger partial charge < -0.3 is 13.7 Å². The van der Waals surface area contributed by atoms with Crippen LogP contribution in [0.4, 0.5) is 0 Å². The number of hydrogen-bond acceptors (Lipinski definition) is 0. The Balaban J connectivity index is 0.949. The van der Waals surface area contributed by atoms with Gasteiger partial charge in [0, 0.05) is 49.4 Å². The van der Waals surface area contributed by atoms with Crippen molar-refractivity contribution in [1.29, 1.82) is 0 Å². The van der Waals surface area contributed by atoms with Gasteiger partial charge in [0.05, 0.1) is 33.1 Å². The highest BCUT2D eigenvalue weighted by Gasteiger charge is 2.41. The fraction of sp³-hybridized carbons (Fsp3) is 0. The van der Waals surface area contributed by atoms with Crippen molar-refractivity contribution in [2.45, 2.75) is 0 Å². The molecule has 0 saturated carbocycles. The zero-order valence-corrected chi connectivity index (χ0v) is 39.3. The molecule has 3 nitrogen and oxygen atoms in total. The van der Waals surface area contributed by atoms with Crippen molar-refractivity contribution in [2.75, 3.05) is 0 Å². The van der Waals surface area contributed by atoms with E-state index in [1.807, 2.05) is 0 Å². The van der Waals surface area contributed by atoms with E-state index in [9.17, 15) is 0 Å². The third kappa shape index (κ3) is 6.00. The highest BCUT2D eigenvalue weighted by molar-refractivity contribution is 7.19. The summed E-state index contributed by atoms with van der Waals surface area (Å²) in [5.41, 5.74) is 13.0. The molecular formula is C66H45N3Si. The zero-order chi connectivity index (χ0) is 46.2. The predicted molar refractivity (Wildman–Crippen MR) is 299 cm³/mol. The molecule has 0 aliphatic heterocycles. The fourth-order valence-electron chi connectivity index (χ4n) is 11.8. The van der Waals surface area contributed by atoms with Crippen molar-refractivity contribution >= 4 is 94.2 Å². The van der Waals surface area contributed by atoms with Gasteiger partial charge in [0.1, 0.15) is 0 Å². The van der Waals surface area contributed by atoms with Crippen molar-refractivity contribution in [3.8, 4) is 28.2 Å². The molecule has 0 saturated heterocycles. The smallest absolute Gasteiger partial charge is 0.179 e. The highest BCUT2D eigenvalue weighted by atomic mass is 28.3. The van der Waals surface area contributed by atoms with Crippen molar-refractivity contribution in [1.82, 2.24) is 13.7 Å². The van der Waals surface area contributed by atoms with Gasteiger partial charge >= 0.3 is 0 Å². The van der Waals surface area contributed by atoms with E-state index in [1.165, 1.54) is 97.3 Å². The molecule has 14 rings (SSSR count). The van der Waals surface area contributed by atoms with Gasteiger partial charge in [-0.15, -0.1) is 0 Å². The molecule has 11 aromatic carbocycles. The van der Waals surface area contributed by atoms with Crippen LogP contribution in [0.15, 0.2) is 273 Å². The number of fused-ring (bicyclic) bond motifs is 9. The number of nitrogens with zero attached hydrogens (tertiary/aromatic N) is 3. The van der Waals surface area contributed by atoms with Gasteiger partial charge in [-0.3, -0.25) is 0 Å². The molecule has 0 fully saturated rings. The Bertz CT molecular complexity index is 4170. The van der Waals surface area contributed by atoms with Crippen LogP contribution in [-0.2, 0) is 0 Å². The molecular weight excluding hydrogens is 863 g/mol. The summed E-state index contributed by atoms with van der Waals surface area (Å²) < 4.78 is 7.33. The first-order chi connectivity index (χ1) is 34.8. The lowest BCUT2D eigenvalue weighted by Gasteiger charge is -2.34. The lowest BCUT2D eigenvalue weighted by Crippen LogP contribution is -2.74. The Kier molecular flexibility index (Phi) is 9.23.